The molecule has 0 aromatic heterocycles. The van der Waals surface area contributed by atoms with Gasteiger partial charge in [0.2, 0.25) is 0 Å². The Bertz CT molecular complexity index is 1760. The molecule has 0 amide bonds. The summed E-state index contributed by atoms with van der Waals surface area (Å²) in [6.45, 7) is 2.14. The number of hydrogen-bond donors (Lipinski definition) is 0. The van der Waals surface area contributed by atoms with Gasteiger partial charge in [0.1, 0.15) is 5.82 Å². The average Bonchev–Trinajstić information content (AvgIpc) is 2.91. The van der Waals surface area contributed by atoms with E-state index in [0.29, 0.717) is 0 Å². The van der Waals surface area contributed by atoms with Crippen molar-refractivity contribution in [3.05, 3.63) is 133 Å². The lowest BCUT2D eigenvalue weighted by atomic mass is 9.85. The van der Waals surface area contributed by atoms with Gasteiger partial charge in [-0.1, -0.05) is 103 Å². The third-order valence-corrected chi connectivity index (χ3v) is 7.31. The van der Waals surface area contributed by atoms with E-state index in [2.05, 4.69) is 104 Å². The van der Waals surface area contributed by atoms with E-state index >= 15 is 0 Å². The summed E-state index contributed by atoms with van der Waals surface area (Å²) in [5, 5.41) is 9.36. The van der Waals surface area contributed by atoms with Gasteiger partial charge in [0.25, 0.3) is 0 Å². The fraction of sp³-hybridized carbons (Fsp3) is 0.0286. The van der Waals surface area contributed by atoms with E-state index < -0.39 is 0 Å². The van der Waals surface area contributed by atoms with E-state index in [1.54, 1.807) is 6.07 Å². The lowest BCUT2D eigenvalue weighted by molar-refractivity contribution is 0.630. The zero-order valence-electron chi connectivity index (χ0n) is 19.9. The van der Waals surface area contributed by atoms with Crippen LogP contribution >= 0.6 is 0 Å². The number of halogens is 1. The van der Waals surface area contributed by atoms with Gasteiger partial charge in [0.05, 0.1) is 0 Å². The highest BCUT2D eigenvalue weighted by Crippen LogP contribution is 2.44. The molecule has 0 radical (unpaired) electrons. The first kappa shape index (κ1) is 20.8. The minimum Gasteiger partial charge on any atom is -0.207 e. The predicted molar refractivity (Wildman–Crippen MR) is 152 cm³/mol. The molecule has 0 saturated heterocycles. The molecule has 0 atom stereocenters. The molecule has 0 aliphatic heterocycles. The summed E-state index contributed by atoms with van der Waals surface area (Å²) in [6.07, 6.45) is 0. The molecule has 0 heterocycles. The molecular weight excluding hydrogens is 439 g/mol. The molecule has 170 valence electrons. The maximum atomic E-state index is 13.8. The predicted octanol–water partition coefficient (Wildman–Crippen LogP) is 10.1. The molecule has 0 spiro atoms. The first-order chi connectivity index (χ1) is 17.7. The standard InChI is InChI=1S/C35H23F/c1-22-10-11-24-19-27(14-12-23(24)18-22)34-30-6-2-4-8-32(30)35(33-9-5-3-7-31(33)34)28-15-13-26-21-29(36)17-16-25(26)20-28/h2-21H,1H3. The van der Waals surface area contributed by atoms with E-state index in [4.69, 9.17) is 0 Å². The van der Waals surface area contributed by atoms with Crippen LogP contribution in [-0.4, -0.2) is 0 Å². The normalized spacial score (nSPS) is 11.6. The van der Waals surface area contributed by atoms with Crippen molar-refractivity contribution in [3.8, 4) is 22.3 Å². The first-order valence-corrected chi connectivity index (χ1v) is 12.3. The van der Waals surface area contributed by atoms with Crippen LogP contribution in [0.3, 0.4) is 0 Å². The van der Waals surface area contributed by atoms with E-state index in [1.165, 1.54) is 60.6 Å². The summed E-state index contributed by atoms with van der Waals surface area (Å²) in [7, 11) is 0. The lowest BCUT2D eigenvalue weighted by Crippen LogP contribution is -1.91. The first-order valence-electron chi connectivity index (χ1n) is 12.3. The van der Waals surface area contributed by atoms with Crippen molar-refractivity contribution in [3.63, 3.8) is 0 Å². The second-order valence-electron chi connectivity index (χ2n) is 9.61. The Labute approximate surface area is 209 Å². The van der Waals surface area contributed by atoms with E-state index in [1.807, 2.05) is 12.1 Å². The van der Waals surface area contributed by atoms with Crippen LogP contribution in [0.2, 0.25) is 0 Å². The molecule has 0 aliphatic carbocycles. The van der Waals surface area contributed by atoms with Crippen LogP contribution in [0.15, 0.2) is 121 Å². The Morgan fingerprint density at radius 2 is 0.833 bits per heavy atom. The van der Waals surface area contributed by atoms with Crippen molar-refractivity contribution in [2.45, 2.75) is 6.92 Å². The highest BCUT2D eigenvalue weighted by molar-refractivity contribution is 6.22. The van der Waals surface area contributed by atoms with Crippen LogP contribution in [0.4, 0.5) is 4.39 Å². The maximum absolute atomic E-state index is 13.8. The Kier molecular flexibility index (Phi) is 4.65. The zero-order chi connectivity index (χ0) is 24.2. The van der Waals surface area contributed by atoms with Gasteiger partial charge in [-0.2, -0.15) is 0 Å². The van der Waals surface area contributed by atoms with Gasteiger partial charge in [0.15, 0.2) is 0 Å². The molecule has 0 N–H and O–H groups in total. The van der Waals surface area contributed by atoms with Crippen molar-refractivity contribution >= 4 is 43.1 Å². The monoisotopic (exact) mass is 462 g/mol. The summed E-state index contributed by atoms with van der Waals surface area (Å²) >= 11 is 0. The third kappa shape index (κ3) is 3.28. The molecule has 0 unspecified atom stereocenters. The fourth-order valence-corrected chi connectivity index (χ4v) is 5.64. The Morgan fingerprint density at radius 3 is 1.36 bits per heavy atom. The Hall–Kier alpha value is -4.49. The summed E-state index contributed by atoms with van der Waals surface area (Å²) in [6, 6.07) is 42.1. The van der Waals surface area contributed by atoms with Crippen LogP contribution in [0.25, 0.3) is 65.3 Å². The number of fused-ring (bicyclic) bond motifs is 4. The molecule has 0 aliphatic rings. The maximum Gasteiger partial charge on any atom is 0.123 e. The van der Waals surface area contributed by atoms with Gasteiger partial charge in [-0.3, -0.25) is 0 Å². The Balaban J connectivity index is 1.57. The largest absolute Gasteiger partial charge is 0.207 e. The third-order valence-electron chi connectivity index (χ3n) is 7.31. The number of benzene rings is 7. The minimum absolute atomic E-state index is 0.207. The molecule has 0 saturated carbocycles. The van der Waals surface area contributed by atoms with Gasteiger partial charge in [-0.05, 0) is 96.5 Å². The highest BCUT2D eigenvalue weighted by atomic mass is 19.1. The van der Waals surface area contributed by atoms with Gasteiger partial charge in [-0.15, -0.1) is 0 Å². The van der Waals surface area contributed by atoms with E-state index in [0.717, 1.165) is 16.3 Å². The summed E-state index contributed by atoms with van der Waals surface area (Å²) in [5.74, 6) is -0.207. The van der Waals surface area contributed by atoms with E-state index in [-0.39, 0.29) is 5.82 Å². The Morgan fingerprint density at radius 1 is 0.417 bits per heavy atom. The second kappa shape index (κ2) is 8.03. The minimum atomic E-state index is -0.207. The molecule has 7 aromatic rings. The summed E-state index contributed by atoms with van der Waals surface area (Å²) in [5.41, 5.74) is 6.11. The van der Waals surface area contributed by atoms with Crippen molar-refractivity contribution in [1.82, 2.24) is 0 Å². The zero-order valence-corrected chi connectivity index (χ0v) is 19.9. The average molecular weight is 463 g/mol. The summed E-state index contributed by atoms with van der Waals surface area (Å²) < 4.78 is 13.8. The highest BCUT2D eigenvalue weighted by Gasteiger charge is 2.17. The second-order valence-corrected chi connectivity index (χ2v) is 9.61. The number of aryl methyl sites for hydroxylation is 1. The molecular formula is C35H23F. The molecule has 0 bridgehead atoms. The van der Waals surface area contributed by atoms with Crippen molar-refractivity contribution in [2.24, 2.45) is 0 Å². The van der Waals surface area contributed by atoms with Gasteiger partial charge < -0.3 is 0 Å². The fourth-order valence-electron chi connectivity index (χ4n) is 5.64. The van der Waals surface area contributed by atoms with Crippen molar-refractivity contribution in [2.75, 3.05) is 0 Å². The summed E-state index contributed by atoms with van der Waals surface area (Å²) in [4.78, 5) is 0. The van der Waals surface area contributed by atoms with Crippen molar-refractivity contribution in [1.29, 1.82) is 0 Å². The van der Waals surface area contributed by atoms with Crippen LogP contribution in [0.5, 0.6) is 0 Å². The van der Waals surface area contributed by atoms with Crippen LogP contribution < -0.4 is 0 Å². The van der Waals surface area contributed by atoms with Gasteiger partial charge in [0, 0.05) is 0 Å². The molecule has 7 rings (SSSR count). The van der Waals surface area contributed by atoms with E-state index in [9.17, 15) is 4.39 Å². The van der Waals surface area contributed by atoms with Crippen LogP contribution in [-0.2, 0) is 0 Å². The number of hydrogen-bond acceptors (Lipinski definition) is 0. The van der Waals surface area contributed by atoms with Crippen LogP contribution in [0.1, 0.15) is 5.56 Å². The SMILES string of the molecule is Cc1ccc2cc(-c3c4ccccc4c(-c4ccc5cc(F)ccc5c4)c4ccccc34)ccc2c1. The smallest absolute Gasteiger partial charge is 0.123 e. The molecule has 1 heteroatoms. The van der Waals surface area contributed by atoms with Crippen molar-refractivity contribution < 1.29 is 4.39 Å². The topological polar surface area (TPSA) is 0 Å². The van der Waals surface area contributed by atoms with Crippen LogP contribution in [0, 0.1) is 12.7 Å². The quantitative estimate of drug-likeness (QED) is 0.224. The van der Waals surface area contributed by atoms with Gasteiger partial charge in [-0.25, -0.2) is 4.39 Å². The molecule has 0 nitrogen and oxygen atoms in total. The number of rotatable bonds is 2. The lowest BCUT2D eigenvalue weighted by Gasteiger charge is -2.18. The molecule has 0 fully saturated rings. The molecule has 7 aromatic carbocycles. The van der Waals surface area contributed by atoms with Gasteiger partial charge >= 0.3 is 0 Å². The molecule has 36 heavy (non-hydrogen) atoms.